The molecular formula is C19H21N3O3. The highest BCUT2D eigenvalue weighted by Crippen LogP contribution is 2.35. The molecule has 130 valence electrons. The Morgan fingerprint density at radius 1 is 0.880 bits per heavy atom. The van der Waals surface area contributed by atoms with Crippen molar-refractivity contribution in [2.24, 2.45) is 0 Å². The van der Waals surface area contributed by atoms with Crippen LogP contribution in [-0.4, -0.2) is 37.8 Å². The van der Waals surface area contributed by atoms with Crippen molar-refractivity contribution in [3.63, 3.8) is 0 Å². The Morgan fingerprint density at radius 2 is 1.68 bits per heavy atom. The second kappa shape index (κ2) is 7.70. The highest BCUT2D eigenvalue weighted by atomic mass is 16.5. The molecule has 0 unspecified atom stereocenters. The van der Waals surface area contributed by atoms with E-state index in [1.165, 1.54) is 11.9 Å². The van der Waals surface area contributed by atoms with E-state index in [0.29, 0.717) is 11.5 Å². The van der Waals surface area contributed by atoms with Gasteiger partial charge in [0.25, 0.3) is 0 Å². The number of nitrogens with zero attached hydrogens (tertiary/aromatic N) is 2. The van der Waals surface area contributed by atoms with Crippen LogP contribution in [0.3, 0.4) is 0 Å². The number of benzene rings is 2. The Labute approximate surface area is 146 Å². The van der Waals surface area contributed by atoms with Gasteiger partial charge in [-0.25, -0.2) is 9.97 Å². The van der Waals surface area contributed by atoms with Crippen molar-refractivity contribution in [2.75, 3.05) is 33.2 Å². The van der Waals surface area contributed by atoms with Crippen LogP contribution in [0.2, 0.25) is 0 Å². The van der Waals surface area contributed by atoms with Crippen molar-refractivity contribution in [1.82, 2.24) is 9.97 Å². The van der Waals surface area contributed by atoms with E-state index in [4.69, 9.17) is 14.2 Å². The topological polar surface area (TPSA) is 65.5 Å². The summed E-state index contributed by atoms with van der Waals surface area (Å²) in [6.45, 7) is 0.757. The molecule has 6 nitrogen and oxygen atoms in total. The number of rotatable bonds is 7. The molecule has 1 N–H and O–H groups in total. The first-order valence-electron chi connectivity index (χ1n) is 7.99. The molecule has 0 bridgehead atoms. The van der Waals surface area contributed by atoms with E-state index < -0.39 is 0 Å². The summed E-state index contributed by atoms with van der Waals surface area (Å²) in [7, 11) is 4.88. The predicted octanol–water partition coefficient (Wildman–Crippen LogP) is 3.31. The molecule has 0 saturated heterocycles. The monoisotopic (exact) mass is 339 g/mol. The van der Waals surface area contributed by atoms with Crippen molar-refractivity contribution in [3.05, 3.63) is 48.3 Å². The third-order valence-corrected chi connectivity index (χ3v) is 4.01. The van der Waals surface area contributed by atoms with Crippen molar-refractivity contribution in [2.45, 2.75) is 6.42 Å². The largest absolute Gasteiger partial charge is 0.497 e. The van der Waals surface area contributed by atoms with E-state index in [9.17, 15) is 0 Å². The van der Waals surface area contributed by atoms with E-state index in [1.807, 2.05) is 24.3 Å². The standard InChI is InChI=1S/C19H21N3O3/c1-23-14-6-4-13(5-7-14)10-11-20-19-15-8-9-16(24-2)18(25-3)17(15)21-12-22-19/h4-9,12H,10-11H2,1-3H3,(H,20,21,22). The van der Waals surface area contributed by atoms with Crippen LogP contribution >= 0.6 is 0 Å². The maximum absolute atomic E-state index is 5.45. The van der Waals surface area contributed by atoms with Gasteiger partial charge in [0, 0.05) is 11.9 Å². The molecule has 1 aromatic heterocycles. The lowest BCUT2D eigenvalue weighted by Gasteiger charge is -2.13. The summed E-state index contributed by atoms with van der Waals surface area (Å²) in [5, 5.41) is 4.27. The van der Waals surface area contributed by atoms with Crippen molar-refractivity contribution in [3.8, 4) is 17.2 Å². The van der Waals surface area contributed by atoms with Gasteiger partial charge in [0.1, 0.15) is 23.4 Å². The molecule has 3 aromatic rings. The molecule has 6 heteroatoms. The normalized spacial score (nSPS) is 10.5. The second-order valence-corrected chi connectivity index (χ2v) is 5.44. The maximum Gasteiger partial charge on any atom is 0.187 e. The minimum absolute atomic E-state index is 0.612. The lowest BCUT2D eigenvalue weighted by molar-refractivity contribution is 0.358. The van der Waals surface area contributed by atoms with Crippen LogP contribution in [0.15, 0.2) is 42.7 Å². The Hall–Kier alpha value is -3.02. The van der Waals surface area contributed by atoms with Crippen LogP contribution < -0.4 is 19.5 Å². The maximum atomic E-state index is 5.45. The quantitative estimate of drug-likeness (QED) is 0.712. The highest BCUT2D eigenvalue weighted by molar-refractivity contribution is 5.94. The summed E-state index contributed by atoms with van der Waals surface area (Å²) in [5.41, 5.74) is 1.95. The fourth-order valence-corrected chi connectivity index (χ4v) is 2.70. The molecule has 0 aliphatic heterocycles. The van der Waals surface area contributed by atoms with Crippen LogP contribution in [0.25, 0.3) is 10.9 Å². The Balaban J connectivity index is 1.77. The zero-order valence-corrected chi connectivity index (χ0v) is 14.6. The summed E-state index contributed by atoms with van der Waals surface area (Å²) < 4.78 is 15.9. The minimum atomic E-state index is 0.612. The van der Waals surface area contributed by atoms with Gasteiger partial charge < -0.3 is 19.5 Å². The van der Waals surface area contributed by atoms with Gasteiger partial charge in [-0.1, -0.05) is 12.1 Å². The lowest BCUT2D eigenvalue weighted by atomic mass is 10.1. The van der Waals surface area contributed by atoms with E-state index in [2.05, 4.69) is 27.4 Å². The zero-order valence-electron chi connectivity index (χ0n) is 14.6. The van der Waals surface area contributed by atoms with Crippen LogP contribution in [0, 0.1) is 0 Å². The SMILES string of the molecule is COc1ccc(CCNc2ncnc3c(OC)c(OC)ccc23)cc1. The first-order chi connectivity index (χ1) is 12.3. The molecule has 0 radical (unpaired) electrons. The predicted molar refractivity (Wildman–Crippen MR) is 97.8 cm³/mol. The summed E-state index contributed by atoms with van der Waals surface area (Å²) in [6.07, 6.45) is 2.41. The molecule has 2 aromatic carbocycles. The number of aromatic nitrogens is 2. The highest BCUT2D eigenvalue weighted by Gasteiger charge is 2.13. The molecule has 0 saturated carbocycles. The van der Waals surface area contributed by atoms with Gasteiger partial charge in [-0.05, 0) is 36.2 Å². The fraction of sp³-hybridized carbons (Fsp3) is 0.263. The van der Waals surface area contributed by atoms with Gasteiger partial charge in [-0.15, -0.1) is 0 Å². The minimum Gasteiger partial charge on any atom is -0.497 e. The molecule has 0 aliphatic rings. The number of nitrogens with one attached hydrogen (secondary N) is 1. The van der Waals surface area contributed by atoms with Crippen molar-refractivity contribution < 1.29 is 14.2 Å². The molecule has 3 rings (SSSR count). The first-order valence-corrected chi connectivity index (χ1v) is 7.99. The second-order valence-electron chi connectivity index (χ2n) is 5.44. The molecule has 0 fully saturated rings. The van der Waals surface area contributed by atoms with E-state index >= 15 is 0 Å². The Kier molecular flexibility index (Phi) is 5.18. The van der Waals surface area contributed by atoms with Gasteiger partial charge in [0.15, 0.2) is 11.5 Å². The summed E-state index contributed by atoms with van der Waals surface area (Å²) in [5.74, 6) is 2.90. The van der Waals surface area contributed by atoms with Gasteiger partial charge in [0.2, 0.25) is 0 Å². The van der Waals surface area contributed by atoms with Crippen LogP contribution in [0.1, 0.15) is 5.56 Å². The molecular weight excluding hydrogens is 318 g/mol. The molecule has 1 heterocycles. The molecule has 0 spiro atoms. The first kappa shape index (κ1) is 16.8. The number of anilines is 1. The third kappa shape index (κ3) is 3.57. The number of ether oxygens (including phenoxy) is 3. The van der Waals surface area contributed by atoms with Gasteiger partial charge >= 0.3 is 0 Å². The summed E-state index contributed by atoms with van der Waals surface area (Å²) in [4.78, 5) is 8.69. The molecule has 0 amide bonds. The average molecular weight is 339 g/mol. The lowest BCUT2D eigenvalue weighted by Crippen LogP contribution is -2.07. The van der Waals surface area contributed by atoms with E-state index in [1.54, 1.807) is 21.3 Å². The number of fused-ring (bicyclic) bond motifs is 1. The van der Waals surface area contributed by atoms with Crippen molar-refractivity contribution in [1.29, 1.82) is 0 Å². The number of methoxy groups -OCH3 is 3. The van der Waals surface area contributed by atoms with E-state index in [-0.39, 0.29) is 0 Å². The van der Waals surface area contributed by atoms with E-state index in [0.717, 1.165) is 35.4 Å². The Bertz CT molecular complexity index is 850. The average Bonchev–Trinajstić information content (AvgIpc) is 2.67. The number of hydrogen-bond donors (Lipinski definition) is 1. The van der Waals surface area contributed by atoms with Crippen molar-refractivity contribution >= 4 is 16.7 Å². The van der Waals surface area contributed by atoms with Crippen LogP contribution in [0.5, 0.6) is 17.2 Å². The fourth-order valence-electron chi connectivity index (χ4n) is 2.70. The third-order valence-electron chi connectivity index (χ3n) is 4.01. The van der Waals surface area contributed by atoms with Crippen LogP contribution in [-0.2, 0) is 6.42 Å². The molecule has 25 heavy (non-hydrogen) atoms. The Morgan fingerprint density at radius 3 is 2.36 bits per heavy atom. The van der Waals surface area contributed by atoms with Gasteiger partial charge in [-0.2, -0.15) is 0 Å². The smallest absolute Gasteiger partial charge is 0.187 e. The summed E-state index contributed by atoms with van der Waals surface area (Å²) in [6, 6.07) is 11.9. The van der Waals surface area contributed by atoms with Crippen LogP contribution in [0.4, 0.5) is 5.82 Å². The zero-order chi connectivity index (χ0) is 17.6. The van der Waals surface area contributed by atoms with Gasteiger partial charge in [-0.3, -0.25) is 0 Å². The van der Waals surface area contributed by atoms with Gasteiger partial charge in [0.05, 0.1) is 21.3 Å². The molecule has 0 atom stereocenters. The molecule has 0 aliphatic carbocycles. The number of hydrogen-bond acceptors (Lipinski definition) is 6. The summed E-state index contributed by atoms with van der Waals surface area (Å²) >= 11 is 0.